The molecule has 0 aromatic carbocycles. The lowest BCUT2D eigenvalue weighted by Gasteiger charge is -2.16. The van der Waals surface area contributed by atoms with Crippen LogP contribution in [0.1, 0.15) is 25.3 Å². The fourth-order valence-electron chi connectivity index (χ4n) is 2.08. The van der Waals surface area contributed by atoms with Crippen LogP contribution in [0.25, 0.3) is 0 Å². The Morgan fingerprint density at radius 3 is 2.88 bits per heavy atom. The van der Waals surface area contributed by atoms with Gasteiger partial charge in [-0.3, -0.25) is 0 Å². The van der Waals surface area contributed by atoms with E-state index >= 15 is 0 Å². The second-order valence-electron chi connectivity index (χ2n) is 4.25. The minimum absolute atomic E-state index is 0.380. The number of nitrogens with zero attached hydrogens (tertiary/aromatic N) is 2. The van der Waals surface area contributed by atoms with E-state index in [4.69, 9.17) is 4.74 Å². The van der Waals surface area contributed by atoms with Crippen molar-refractivity contribution in [2.24, 2.45) is 0 Å². The summed E-state index contributed by atoms with van der Waals surface area (Å²) in [6.45, 7) is 3.77. The first-order chi connectivity index (χ1) is 8.35. The second kappa shape index (κ2) is 5.82. The van der Waals surface area contributed by atoms with Gasteiger partial charge in [0, 0.05) is 19.2 Å². The summed E-state index contributed by atoms with van der Waals surface area (Å²) in [6.07, 6.45) is 4.71. The number of anilines is 2. The van der Waals surface area contributed by atoms with Crippen LogP contribution in [0.4, 0.5) is 11.6 Å². The third-order valence-corrected chi connectivity index (χ3v) is 2.95. The van der Waals surface area contributed by atoms with Gasteiger partial charge in [-0.1, -0.05) is 13.3 Å². The van der Waals surface area contributed by atoms with Gasteiger partial charge in [-0.2, -0.15) is 0 Å². The van der Waals surface area contributed by atoms with Crippen molar-refractivity contribution in [2.75, 3.05) is 30.9 Å². The topological polar surface area (TPSA) is 59.1 Å². The molecule has 2 heterocycles. The highest BCUT2D eigenvalue weighted by atomic mass is 16.5. The van der Waals surface area contributed by atoms with Crippen LogP contribution in [0, 0.1) is 0 Å². The lowest BCUT2D eigenvalue weighted by Crippen LogP contribution is -2.21. The van der Waals surface area contributed by atoms with E-state index in [0.717, 1.165) is 44.1 Å². The van der Waals surface area contributed by atoms with E-state index in [-0.39, 0.29) is 0 Å². The van der Waals surface area contributed by atoms with E-state index in [1.165, 1.54) is 5.56 Å². The molecular formula is C12H20N4O. The van der Waals surface area contributed by atoms with Gasteiger partial charge in [0.1, 0.15) is 18.0 Å². The molecule has 1 saturated heterocycles. The van der Waals surface area contributed by atoms with E-state index in [1.807, 2.05) is 7.05 Å². The van der Waals surface area contributed by atoms with Crippen LogP contribution < -0.4 is 10.6 Å². The van der Waals surface area contributed by atoms with Crippen molar-refractivity contribution < 1.29 is 4.74 Å². The van der Waals surface area contributed by atoms with Gasteiger partial charge in [0.25, 0.3) is 0 Å². The number of ether oxygens (including phenoxy) is 1. The number of hydrogen-bond acceptors (Lipinski definition) is 5. The fraction of sp³-hybridized carbons (Fsp3) is 0.667. The molecule has 0 spiro atoms. The van der Waals surface area contributed by atoms with Gasteiger partial charge in [-0.15, -0.1) is 0 Å². The van der Waals surface area contributed by atoms with Crippen LogP contribution >= 0.6 is 0 Å². The Kier molecular flexibility index (Phi) is 4.14. The van der Waals surface area contributed by atoms with E-state index in [2.05, 4.69) is 27.5 Å². The normalized spacial score (nSPS) is 19.3. The molecule has 0 bridgehead atoms. The maximum absolute atomic E-state index is 5.36. The first-order valence-electron chi connectivity index (χ1n) is 6.21. The zero-order valence-electron chi connectivity index (χ0n) is 10.5. The van der Waals surface area contributed by atoms with Gasteiger partial charge in [0.15, 0.2) is 0 Å². The zero-order chi connectivity index (χ0) is 12.1. The van der Waals surface area contributed by atoms with Crippen LogP contribution in [0.3, 0.4) is 0 Å². The predicted octanol–water partition coefficient (Wildman–Crippen LogP) is 1.67. The van der Waals surface area contributed by atoms with Crippen LogP contribution in [0.5, 0.6) is 0 Å². The van der Waals surface area contributed by atoms with E-state index in [9.17, 15) is 0 Å². The third kappa shape index (κ3) is 2.85. The largest absolute Gasteiger partial charge is 0.379 e. The molecule has 1 aliphatic heterocycles. The van der Waals surface area contributed by atoms with E-state index < -0.39 is 0 Å². The number of rotatable bonds is 5. The molecule has 5 nitrogen and oxygen atoms in total. The molecule has 17 heavy (non-hydrogen) atoms. The highest BCUT2D eigenvalue weighted by molar-refractivity contribution is 5.57. The smallest absolute Gasteiger partial charge is 0.135 e. The Balaban J connectivity index is 2.18. The molecule has 0 aliphatic carbocycles. The van der Waals surface area contributed by atoms with E-state index in [0.29, 0.717) is 6.04 Å². The quantitative estimate of drug-likeness (QED) is 0.814. The van der Waals surface area contributed by atoms with Crippen LogP contribution in [0.15, 0.2) is 6.33 Å². The molecule has 5 heteroatoms. The third-order valence-electron chi connectivity index (χ3n) is 2.95. The summed E-state index contributed by atoms with van der Waals surface area (Å²) in [5.41, 5.74) is 1.17. The molecule has 1 aromatic rings. The summed E-state index contributed by atoms with van der Waals surface area (Å²) in [5, 5.41) is 6.58. The Hall–Kier alpha value is -1.36. The maximum atomic E-state index is 5.36. The zero-order valence-corrected chi connectivity index (χ0v) is 10.5. The van der Waals surface area contributed by atoms with Gasteiger partial charge in [-0.05, 0) is 12.8 Å². The van der Waals surface area contributed by atoms with Gasteiger partial charge in [0.05, 0.1) is 12.6 Å². The highest BCUT2D eigenvalue weighted by Crippen LogP contribution is 2.23. The molecule has 0 saturated carbocycles. The summed E-state index contributed by atoms with van der Waals surface area (Å²) in [5.74, 6) is 1.87. The Labute approximate surface area is 102 Å². The van der Waals surface area contributed by atoms with Gasteiger partial charge >= 0.3 is 0 Å². The lowest BCUT2D eigenvalue weighted by atomic mass is 10.1. The first-order valence-corrected chi connectivity index (χ1v) is 6.21. The SMILES string of the molecule is CCCc1c(NC)ncnc1NC1CCOC1. The van der Waals surface area contributed by atoms with Crippen molar-refractivity contribution in [3.05, 3.63) is 11.9 Å². The monoisotopic (exact) mass is 236 g/mol. The van der Waals surface area contributed by atoms with Crippen LogP contribution in [0.2, 0.25) is 0 Å². The van der Waals surface area contributed by atoms with Crippen molar-refractivity contribution >= 4 is 11.6 Å². The van der Waals surface area contributed by atoms with Crippen molar-refractivity contribution in [3.63, 3.8) is 0 Å². The summed E-state index contributed by atoms with van der Waals surface area (Å²) in [6, 6.07) is 0.380. The van der Waals surface area contributed by atoms with Crippen molar-refractivity contribution in [2.45, 2.75) is 32.2 Å². The lowest BCUT2D eigenvalue weighted by molar-refractivity contribution is 0.195. The first kappa shape index (κ1) is 12.1. The molecule has 1 unspecified atom stereocenters. The summed E-state index contributed by atoms with van der Waals surface area (Å²) in [7, 11) is 1.89. The van der Waals surface area contributed by atoms with Crippen molar-refractivity contribution in [1.82, 2.24) is 9.97 Å². The van der Waals surface area contributed by atoms with E-state index in [1.54, 1.807) is 6.33 Å². The predicted molar refractivity (Wildman–Crippen MR) is 68.4 cm³/mol. The number of hydrogen-bond donors (Lipinski definition) is 2. The molecule has 94 valence electrons. The van der Waals surface area contributed by atoms with Crippen molar-refractivity contribution in [1.29, 1.82) is 0 Å². The molecular weight excluding hydrogens is 216 g/mol. The molecule has 2 N–H and O–H groups in total. The molecule has 1 aliphatic rings. The highest BCUT2D eigenvalue weighted by Gasteiger charge is 2.18. The molecule has 1 fully saturated rings. The number of aromatic nitrogens is 2. The average Bonchev–Trinajstić information content (AvgIpc) is 2.84. The maximum Gasteiger partial charge on any atom is 0.135 e. The van der Waals surface area contributed by atoms with Gasteiger partial charge in [0.2, 0.25) is 0 Å². The Morgan fingerprint density at radius 1 is 1.41 bits per heavy atom. The Morgan fingerprint density at radius 2 is 2.24 bits per heavy atom. The summed E-state index contributed by atoms with van der Waals surface area (Å²) < 4.78 is 5.36. The van der Waals surface area contributed by atoms with Crippen LogP contribution in [-0.4, -0.2) is 36.3 Å². The number of nitrogens with one attached hydrogen (secondary N) is 2. The minimum Gasteiger partial charge on any atom is -0.379 e. The second-order valence-corrected chi connectivity index (χ2v) is 4.25. The molecule has 1 aromatic heterocycles. The standard InChI is InChI=1S/C12H20N4O/c1-3-4-10-11(13-2)14-8-15-12(10)16-9-5-6-17-7-9/h8-9H,3-7H2,1-2H3,(H2,13,14,15,16). The molecule has 0 amide bonds. The van der Waals surface area contributed by atoms with Gasteiger partial charge in [-0.25, -0.2) is 9.97 Å². The Bertz CT molecular complexity index is 364. The van der Waals surface area contributed by atoms with Gasteiger partial charge < -0.3 is 15.4 Å². The summed E-state index contributed by atoms with van der Waals surface area (Å²) >= 11 is 0. The molecule has 0 radical (unpaired) electrons. The minimum atomic E-state index is 0.380. The summed E-state index contributed by atoms with van der Waals surface area (Å²) in [4.78, 5) is 8.61. The average molecular weight is 236 g/mol. The molecule has 1 atom stereocenters. The fourth-order valence-corrected chi connectivity index (χ4v) is 2.08. The molecule has 2 rings (SSSR count). The van der Waals surface area contributed by atoms with Crippen LogP contribution in [-0.2, 0) is 11.2 Å². The van der Waals surface area contributed by atoms with Crippen molar-refractivity contribution in [3.8, 4) is 0 Å².